The first kappa shape index (κ1) is 26.6. The van der Waals surface area contributed by atoms with Gasteiger partial charge in [0.2, 0.25) is 0 Å². The van der Waals surface area contributed by atoms with Crippen molar-refractivity contribution in [1.29, 1.82) is 0 Å². The van der Waals surface area contributed by atoms with Crippen LogP contribution in [0.15, 0.2) is 36.4 Å². The van der Waals surface area contributed by atoms with Crippen LogP contribution < -0.4 is 10.2 Å². The fraction of sp³-hybridized carbons (Fsp3) is 0.483. The van der Waals surface area contributed by atoms with E-state index in [2.05, 4.69) is 65.6 Å². The molecule has 0 aromatic heterocycles. The van der Waals surface area contributed by atoms with E-state index in [1.165, 1.54) is 4.90 Å². The van der Waals surface area contributed by atoms with E-state index < -0.39 is 5.91 Å². The number of fused-ring (bicyclic) bond motifs is 1. The van der Waals surface area contributed by atoms with Crippen LogP contribution in [-0.4, -0.2) is 47.8 Å². The van der Waals surface area contributed by atoms with Gasteiger partial charge in [0, 0.05) is 25.2 Å². The summed E-state index contributed by atoms with van der Waals surface area (Å²) in [6, 6.07) is 11.6. The molecule has 0 unspecified atom stereocenters. The van der Waals surface area contributed by atoms with E-state index in [0.717, 1.165) is 11.1 Å². The number of imide groups is 1. The number of hydrogen-bond donors (Lipinski definition) is 1. The van der Waals surface area contributed by atoms with Gasteiger partial charge in [0.15, 0.2) is 0 Å². The van der Waals surface area contributed by atoms with Crippen molar-refractivity contribution in [3.63, 3.8) is 0 Å². The van der Waals surface area contributed by atoms with E-state index in [1.54, 1.807) is 18.2 Å². The summed E-state index contributed by atoms with van der Waals surface area (Å²) in [7, 11) is 0. The van der Waals surface area contributed by atoms with E-state index in [1.807, 2.05) is 18.2 Å². The summed E-state index contributed by atoms with van der Waals surface area (Å²) in [5.74, 6) is -0.892. The first-order chi connectivity index (χ1) is 16.5. The molecule has 1 heterocycles. The van der Waals surface area contributed by atoms with E-state index in [4.69, 9.17) is 0 Å². The highest BCUT2D eigenvalue weighted by Gasteiger charge is 2.41. The summed E-state index contributed by atoms with van der Waals surface area (Å²) in [5.41, 5.74) is 3.25. The number of anilines is 1. The highest BCUT2D eigenvalue weighted by molar-refractivity contribution is 6.36. The zero-order chi connectivity index (χ0) is 26.0. The van der Waals surface area contributed by atoms with Crippen LogP contribution in [0.5, 0.6) is 0 Å². The third kappa shape index (κ3) is 5.18. The van der Waals surface area contributed by atoms with Crippen LogP contribution >= 0.6 is 0 Å². The van der Waals surface area contributed by atoms with E-state index in [0.29, 0.717) is 30.9 Å². The highest BCUT2D eigenvalue weighted by atomic mass is 16.2. The van der Waals surface area contributed by atoms with Crippen molar-refractivity contribution in [3.05, 3.63) is 64.2 Å². The van der Waals surface area contributed by atoms with Gasteiger partial charge in [-0.3, -0.25) is 19.3 Å². The Balaban J connectivity index is 1.96. The molecular weight excluding hydrogens is 438 g/mol. The molecular formula is C29H39N3O3. The molecule has 3 rings (SSSR count). The lowest BCUT2D eigenvalue weighted by Gasteiger charge is -2.30. The lowest BCUT2D eigenvalue weighted by atomic mass is 9.92. The Kier molecular flexibility index (Phi) is 8.16. The monoisotopic (exact) mass is 477 g/mol. The van der Waals surface area contributed by atoms with Crippen LogP contribution in [0.3, 0.4) is 0 Å². The minimum Gasteiger partial charge on any atom is -0.351 e. The molecule has 0 saturated heterocycles. The van der Waals surface area contributed by atoms with Crippen molar-refractivity contribution in [1.82, 2.24) is 10.2 Å². The van der Waals surface area contributed by atoms with Crippen molar-refractivity contribution in [2.45, 2.75) is 79.3 Å². The summed E-state index contributed by atoms with van der Waals surface area (Å²) in [4.78, 5) is 44.0. The van der Waals surface area contributed by atoms with Crippen LogP contribution in [-0.2, 0) is 0 Å². The normalized spacial score (nSPS) is 13.7. The van der Waals surface area contributed by atoms with Gasteiger partial charge in [0.05, 0.1) is 22.4 Å². The van der Waals surface area contributed by atoms with Gasteiger partial charge < -0.3 is 5.32 Å². The molecule has 1 N–H and O–H groups in total. The number of carbonyl (C=O) groups is 3. The van der Waals surface area contributed by atoms with Crippen LogP contribution in [0.25, 0.3) is 0 Å². The molecule has 0 aliphatic carbocycles. The number of rotatable bonds is 9. The van der Waals surface area contributed by atoms with Crippen molar-refractivity contribution in [2.75, 3.05) is 18.0 Å². The molecule has 0 fully saturated rings. The minimum absolute atomic E-state index is 0.126. The zero-order valence-corrected chi connectivity index (χ0v) is 22.3. The fourth-order valence-corrected chi connectivity index (χ4v) is 4.95. The second-order valence-electron chi connectivity index (χ2n) is 10.4. The SMILES string of the molecule is CC(C)c1cccc(C(C)C)c1N1C(=O)c2cccc(C(=O)NCCN(C(C)C)C(C)C)c2C1=O. The lowest BCUT2D eigenvalue weighted by Crippen LogP contribution is -2.42. The molecule has 6 nitrogen and oxygen atoms in total. The summed E-state index contributed by atoms with van der Waals surface area (Å²) in [5, 5.41) is 2.96. The number of para-hydroxylation sites is 1. The standard InChI is InChI=1S/C29H39N3O3/c1-17(2)21-11-9-12-22(18(3)4)26(21)32-28(34)24-14-10-13-23(25(24)29(32)35)27(33)30-15-16-31(19(5)6)20(7)8/h9-14,17-20H,15-16H2,1-8H3,(H,30,33). The summed E-state index contributed by atoms with van der Waals surface area (Å²) in [6.45, 7) is 17.9. The summed E-state index contributed by atoms with van der Waals surface area (Å²) >= 11 is 0. The average molecular weight is 478 g/mol. The maximum atomic E-state index is 13.8. The van der Waals surface area contributed by atoms with Crippen molar-refractivity contribution in [3.8, 4) is 0 Å². The van der Waals surface area contributed by atoms with Gasteiger partial charge in [-0.1, -0.05) is 52.0 Å². The van der Waals surface area contributed by atoms with Crippen molar-refractivity contribution < 1.29 is 14.4 Å². The minimum atomic E-state index is -0.434. The van der Waals surface area contributed by atoms with Gasteiger partial charge in [0.25, 0.3) is 17.7 Å². The first-order valence-corrected chi connectivity index (χ1v) is 12.7. The largest absolute Gasteiger partial charge is 0.351 e. The number of nitrogens with zero attached hydrogens (tertiary/aromatic N) is 2. The van der Waals surface area contributed by atoms with Gasteiger partial charge in [-0.15, -0.1) is 0 Å². The topological polar surface area (TPSA) is 69.7 Å². The van der Waals surface area contributed by atoms with Crippen LogP contribution in [0.1, 0.15) is 109 Å². The lowest BCUT2D eigenvalue weighted by molar-refractivity contribution is 0.0906. The molecule has 2 aromatic carbocycles. The number of amides is 3. The van der Waals surface area contributed by atoms with Gasteiger partial charge in [0.1, 0.15) is 0 Å². The molecule has 35 heavy (non-hydrogen) atoms. The van der Waals surface area contributed by atoms with Crippen molar-refractivity contribution >= 4 is 23.4 Å². The molecule has 0 bridgehead atoms. The molecule has 0 spiro atoms. The van der Waals surface area contributed by atoms with Gasteiger partial charge in [-0.05, 0) is 62.8 Å². The molecule has 188 valence electrons. The Labute approximate surface area is 209 Å². The maximum Gasteiger partial charge on any atom is 0.266 e. The van der Waals surface area contributed by atoms with E-state index in [9.17, 15) is 14.4 Å². The third-order valence-electron chi connectivity index (χ3n) is 6.71. The summed E-state index contributed by atoms with van der Waals surface area (Å²) in [6.07, 6.45) is 0. The maximum absolute atomic E-state index is 13.8. The van der Waals surface area contributed by atoms with Crippen molar-refractivity contribution in [2.24, 2.45) is 0 Å². The van der Waals surface area contributed by atoms with Crippen LogP contribution in [0.2, 0.25) is 0 Å². The van der Waals surface area contributed by atoms with Gasteiger partial charge in [-0.2, -0.15) is 0 Å². The molecule has 0 radical (unpaired) electrons. The quantitative estimate of drug-likeness (QED) is 0.479. The molecule has 3 amide bonds. The number of benzene rings is 2. The smallest absolute Gasteiger partial charge is 0.266 e. The van der Waals surface area contributed by atoms with E-state index >= 15 is 0 Å². The Bertz CT molecular complexity index is 1080. The second kappa shape index (κ2) is 10.7. The first-order valence-electron chi connectivity index (χ1n) is 12.7. The fourth-order valence-electron chi connectivity index (χ4n) is 4.95. The molecule has 0 atom stereocenters. The Hall–Kier alpha value is -2.99. The second-order valence-corrected chi connectivity index (χ2v) is 10.4. The number of carbonyl (C=O) groups excluding carboxylic acids is 3. The van der Waals surface area contributed by atoms with E-state index in [-0.39, 0.29) is 40.3 Å². The molecule has 1 aliphatic heterocycles. The predicted octanol–water partition coefficient (Wildman–Crippen LogP) is 5.58. The average Bonchev–Trinajstić information content (AvgIpc) is 3.05. The van der Waals surface area contributed by atoms with Crippen LogP contribution in [0, 0.1) is 0 Å². The van der Waals surface area contributed by atoms with Crippen LogP contribution in [0.4, 0.5) is 5.69 Å². The Morgan fingerprint density at radius 3 is 1.89 bits per heavy atom. The Morgan fingerprint density at radius 2 is 1.37 bits per heavy atom. The van der Waals surface area contributed by atoms with Gasteiger partial charge in [-0.25, -0.2) is 4.90 Å². The molecule has 6 heteroatoms. The predicted molar refractivity (Wildman–Crippen MR) is 142 cm³/mol. The summed E-state index contributed by atoms with van der Waals surface area (Å²) < 4.78 is 0. The molecule has 1 aliphatic rings. The van der Waals surface area contributed by atoms with Gasteiger partial charge >= 0.3 is 0 Å². The highest BCUT2D eigenvalue weighted by Crippen LogP contribution is 2.40. The molecule has 0 saturated carbocycles. The number of nitrogens with one attached hydrogen (secondary N) is 1. The number of hydrogen-bond acceptors (Lipinski definition) is 4. The molecule has 2 aromatic rings. The zero-order valence-electron chi connectivity index (χ0n) is 22.3. The third-order valence-corrected chi connectivity index (χ3v) is 6.71. The Morgan fingerprint density at radius 1 is 0.829 bits per heavy atom.